The number of anilines is 1. The Morgan fingerprint density at radius 3 is 2.29 bits per heavy atom. The predicted octanol–water partition coefficient (Wildman–Crippen LogP) is 3.56. The minimum atomic E-state index is -1.62. The van der Waals surface area contributed by atoms with Crippen molar-refractivity contribution in [2.24, 2.45) is 11.8 Å². The van der Waals surface area contributed by atoms with Gasteiger partial charge in [0.2, 0.25) is 11.8 Å². The molecule has 1 fully saturated rings. The molecule has 1 saturated carbocycles. The average Bonchev–Trinajstić information content (AvgIpc) is 2.73. The first-order valence-corrected chi connectivity index (χ1v) is 9.06. The van der Waals surface area contributed by atoms with Crippen LogP contribution in [0.4, 0.5) is 18.9 Å². The Labute approximate surface area is 160 Å². The van der Waals surface area contributed by atoms with Crippen molar-refractivity contribution in [2.75, 3.05) is 5.32 Å². The highest BCUT2D eigenvalue weighted by Crippen LogP contribution is 2.30. The van der Waals surface area contributed by atoms with Gasteiger partial charge in [-0.1, -0.05) is 6.07 Å². The third-order valence-electron chi connectivity index (χ3n) is 4.95. The Morgan fingerprint density at radius 2 is 1.64 bits per heavy atom. The van der Waals surface area contributed by atoms with E-state index in [4.69, 9.17) is 0 Å². The summed E-state index contributed by atoms with van der Waals surface area (Å²) in [6.07, 6.45) is 5.31. The normalized spacial score (nSPS) is 19.1. The molecule has 2 aromatic rings. The van der Waals surface area contributed by atoms with Gasteiger partial charge in [0.1, 0.15) is 0 Å². The number of halogens is 3. The molecule has 2 N–H and O–H groups in total. The molecule has 0 unspecified atom stereocenters. The first kappa shape index (κ1) is 19.9. The molecular weight excluding hydrogens is 371 g/mol. The van der Waals surface area contributed by atoms with Gasteiger partial charge in [0.15, 0.2) is 17.5 Å². The van der Waals surface area contributed by atoms with Crippen LogP contribution in [0.1, 0.15) is 31.2 Å². The van der Waals surface area contributed by atoms with Gasteiger partial charge >= 0.3 is 0 Å². The minimum absolute atomic E-state index is 0.0747. The fourth-order valence-corrected chi connectivity index (χ4v) is 3.31. The van der Waals surface area contributed by atoms with E-state index in [0.29, 0.717) is 32.2 Å². The monoisotopic (exact) mass is 391 g/mol. The Kier molecular flexibility index (Phi) is 6.28. The summed E-state index contributed by atoms with van der Waals surface area (Å²) in [5.74, 6) is -5.49. The number of nitrogens with one attached hydrogen (secondary N) is 2. The van der Waals surface area contributed by atoms with Gasteiger partial charge < -0.3 is 10.6 Å². The largest absolute Gasteiger partial charge is 0.352 e. The number of hydrogen-bond acceptors (Lipinski definition) is 3. The number of carbonyl (C=O) groups excluding carboxylic acids is 2. The van der Waals surface area contributed by atoms with Crippen LogP contribution < -0.4 is 10.6 Å². The van der Waals surface area contributed by atoms with Crippen LogP contribution in [0.15, 0.2) is 36.7 Å². The summed E-state index contributed by atoms with van der Waals surface area (Å²) >= 11 is 0. The zero-order valence-electron chi connectivity index (χ0n) is 15.1. The number of pyridine rings is 1. The topological polar surface area (TPSA) is 71.1 Å². The molecule has 1 aromatic heterocycles. The number of carbonyl (C=O) groups is 2. The number of rotatable bonds is 5. The van der Waals surface area contributed by atoms with Crippen molar-refractivity contribution in [1.82, 2.24) is 10.3 Å². The Balaban J connectivity index is 1.48. The molecule has 0 aliphatic heterocycles. The van der Waals surface area contributed by atoms with Crippen molar-refractivity contribution < 1.29 is 22.8 Å². The second-order valence-electron chi connectivity index (χ2n) is 6.84. The summed E-state index contributed by atoms with van der Waals surface area (Å²) in [6.45, 7) is 0.391. The first-order valence-electron chi connectivity index (χ1n) is 9.06. The summed E-state index contributed by atoms with van der Waals surface area (Å²) in [5.41, 5.74) is 0.512. The predicted molar refractivity (Wildman–Crippen MR) is 96.5 cm³/mol. The second kappa shape index (κ2) is 8.86. The van der Waals surface area contributed by atoms with Gasteiger partial charge in [-0.2, -0.15) is 0 Å². The van der Waals surface area contributed by atoms with E-state index in [1.54, 1.807) is 18.5 Å². The molecule has 1 aromatic carbocycles. The van der Waals surface area contributed by atoms with Gasteiger partial charge in [0.25, 0.3) is 0 Å². The third-order valence-corrected chi connectivity index (χ3v) is 4.95. The smallest absolute Gasteiger partial charge is 0.227 e. The second-order valence-corrected chi connectivity index (χ2v) is 6.84. The van der Waals surface area contributed by atoms with E-state index >= 15 is 0 Å². The molecule has 1 heterocycles. The van der Waals surface area contributed by atoms with E-state index < -0.39 is 29.3 Å². The highest BCUT2D eigenvalue weighted by Gasteiger charge is 2.30. The fourth-order valence-electron chi connectivity index (χ4n) is 3.31. The highest BCUT2D eigenvalue weighted by molar-refractivity contribution is 5.93. The molecule has 3 rings (SSSR count). The lowest BCUT2D eigenvalue weighted by Crippen LogP contribution is -2.35. The van der Waals surface area contributed by atoms with Gasteiger partial charge in [-0.15, -0.1) is 0 Å². The minimum Gasteiger partial charge on any atom is -0.352 e. The van der Waals surface area contributed by atoms with Gasteiger partial charge in [0, 0.05) is 30.8 Å². The molecular formula is C20H20F3N3O2. The van der Waals surface area contributed by atoms with Crippen molar-refractivity contribution in [3.05, 3.63) is 59.7 Å². The van der Waals surface area contributed by atoms with Crippen LogP contribution in [0.25, 0.3) is 0 Å². The lowest BCUT2D eigenvalue weighted by atomic mass is 9.81. The Hall–Kier alpha value is -2.90. The van der Waals surface area contributed by atoms with Crippen molar-refractivity contribution in [1.29, 1.82) is 0 Å². The van der Waals surface area contributed by atoms with E-state index in [9.17, 15) is 22.8 Å². The van der Waals surface area contributed by atoms with Crippen molar-refractivity contribution in [3.63, 3.8) is 0 Å². The highest BCUT2D eigenvalue weighted by atomic mass is 19.2. The fraction of sp³-hybridized carbons (Fsp3) is 0.350. The summed E-state index contributed by atoms with van der Waals surface area (Å²) in [7, 11) is 0. The van der Waals surface area contributed by atoms with E-state index in [0.717, 1.165) is 17.7 Å². The van der Waals surface area contributed by atoms with E-state index in [1.807, 2.05) is 6.07 Å². The standard InChI is InChI=1S/C20H20F3N3O2/c21-15-7-8-16(18(23)17(15)22)26-20(28)14-5-3-13(4-6-14)19(27)25-11-12-2-1-9-24-10-12/h1-2,7-10,13-14H,3-6,11H2,(H,25,27)(H,26,28). The van der Waals surface area contributed by atoms with E-state index in [-0.39, 0.29) is 17.5 Å². The molecule has 0 saturated heterocycles. The van der Waals surface area contributed by atoms with Crippen molar-refractivity contribution >= 4 is 17.5 Å². The third kappa shape index (κ3) is 4.68. The van der Waals surface area contributed by atoms with Crippen LogP contribution in [0.5, 0.6) is 0 Å². The summed E-state index contributed by atoms with van der Waals surface area (Å²) < 4.78 is 39.9. The maximum atomic E-state index is 13.7. The van der Waals surface area contributed by atoms with Gasteiger partial charge in [-0.3, -0.25) is 14.6 Å². The van der Waals surface area contributed by atoms with Crippen LogP contribution in [0.3, 0.4) is 0 Å². The molecule has 0 radical (unpaired) electrons. The molecule has 0 bridgehead atoms. The summed E-state index contributed by atoms with van der Waals surface area (Å²) in [6, 6.07) is 5.41. The number of amides is 2. The molecule has 1 aliphatic carbocycles. The van der Waals surface area contributed by atoms with Crippen LogP contribution >= 0.6 is 0 Å². The van der Waals surface area contributed by atoms with E-state index in [1.165, 1.54) is 0 Å². The molecule has 5 nitrogen and oxygen atoms in total. The van der Waals surface area contributed by atoms with Gasteiger partial charge in [-0.25, -0.2) is 13.2 Å². The molecule has 0 atom stereocenters. The van der Waals surface area contributed by atoms with Crippen LogP contribution in [0, 0.1) is 29.3 Å². The number of hydrogen-bond donors (Lipinski definition) is 2. The molecule has 2 amide bonds. The Morgan fingerprint density at radius 1 is 0.964 bits per heavy atom. The zero-order chi connectivity index (χ0) is 20.1. The SMILES string of the molecule is O=C(NCc1cccnc1)C1CCC(C(=O)Nc2ccc(F)c(F)c2F)CC1. The van der Waals surface area contributed by atoms with Crippen molar-refractivity contribution in [2.45, 2.75) is 32.2 Å². The number of nitrogens with zero attached hydrogens (tertiary/aromatic N) is 1. The van der Waals surface area contributed by atoms with Crippen LogP contribution in [0.2, 0.25) is 0 Å². The zero-order valence-corrected chi connectivity index (χ0v) is 15.1. The quantitative estimate of drug-likeness (QED) is 0.766. The number of benzene rings is 1. The maximum Gasteiger partial charge on any atom is 0.227 e. The molecule has 148 valence electrons. The van der Waals surface area contributed by atoms with Crippen LogP contribution in [-0.4, -0.2) is 16.8 Å². The van der Waals surface area contributed by atoms with Crippen molar-refractivity contribution in [3.8, 4) is 0 Å². The molecule has 28 heavy (non-hydrogen) atoms. The maximum absolute atomic E-state index is 13.7. The van der Waals surface area contributed by atoms with E-state index in [2.05, 4.69) is 15.6 Å². The summed E-state index contributed by atoms with van der Waals surface area (Å²) in [5, 5.41) is 5.18. The first-order chi connectivity index (χ1) is 13.5. The van der Waals surface area contributed by atoms with Gasteiger partial charge in [0.05, 0.1) is 5.69 Å². The lowest BCUT2D eigenvalue weighted by Gasteiger charge is -2.27. The Bertz CT molecular complexity index is 853. The van der Waals surface area contributed by atoms with Gasteiger partial charge in [-0.05, 0) is 49.4 Å². The molecule has 0 spiro atoms. The average molecular weight is 391 g/mol. The molecule has 8 heteroatoms. The van der Waals surface area contributed by atoms with Crippen LogP contribution in [-0.2, 0) is 16.1 Å². The molecule has 1 aliphatic rings. The number of aromatic nitrogens is 1. The summed E-state index contributed by atoms with van der Waals surface area (Å²) in [4.78, 5) is 28.6. The lowest BCUT2D eigenvalue weighted by molar-refractivity contribution is -0.128.